The lowest BCUT2D eigenvalue weighted by Gasteiger charge is -2.17. The second kappa shape index (κ2) is 11.1. The molecule has 5 heteroatoms. The second-order valence-corrected chi connectivity index (χ2v) is 7.47. The molecule has 0 heterocycles. The molecule has 0 radical (unpaired) electrons. The first-order chi connectivity index (χ1) is 11.4. The maximum absolute atomic E-state index is 12.3. The summed E-state index contributed by atoms with van der Waals surface area (Å²) in [5.74, 6) is -0.370. The van der Waals surface area contributed by atoms with E-state index in [4.69, 9.17) is 9.47 Å². The molecule has 0 fully saturated rings. The van der Waals surface area contributed by atoms with E-state index in [2.05, 4.69) is 0 Å². The van der Waals surface area contributed by atoms with Gasteiger partial charge in [-0.15, -0.1) is 11.8 Å². The van der Waals surface area contributed by atoms with Crippen LogP contribution in [0.5, 0.6) is 0 Å². The molecule has 134 valence electrons. The fourth-order valence-corrected chi connectivity index (χ4v) is 3.20. The number of carbonyl (C=O) groups excluding carboxylic acids is 2. The largest absolute Gasteiger partial charge is 0.463 e. The van der Waals surface area contributed by atoms with Gasteiger partial charge in [-0.2, -0.15) is 0 Å². The van der Waals surface area contributed by atoms with Crippen LogP contribution in [0.3, 0.4) is 0 Å². The van der Waals surface area contributed by atoms with Crippen molar-refractivity contribution in [3.8, 4) is 0 Å². The van der Waals surface area contributed by atoms with E-state index in [0.717, 1.165) is 11.3 Å². The number of rotatable bonds is 10. The van der Waals surface area contributed by atoms with Crippen molar-refractivity contribution in [2.75, 3.05) is 0 Å². The average Bonchev–Trinajstić information content (AvgIpc) is 2.49. The zero-order chi connectivity index (χ0) is 17.9. The third kappa shape index (κ3) is 8.96. The van der Waals surface area contributed by atoms with E-state index in [0.29, 0.717) is 19.3 Å². The highest BCUT2D eigenvalue weighted by Gasteiger charge is 2.22. The Hall–Kier alpha value is -1.49. The Bertz CT molecular complexity index is 499. The number of thioether (sulfide) groups is 1. The van der Waals surface area contributed by atoms with Crippen LogP contribution in [-0.2, 0) is 19.1 Å². The van der Waals surface area contributed by atoms with Crippen LogP contribution in [0.1, 0.15) is 53.4 Å². The van der Waals surface area contributed by atoms with Crippen LogP contribution in [0.25, 0.3) is 0 Å². The topological polar surface area (TPSA) is 52.6 Å². The van der Waals surface area contributed by atoms with Crippen LogP contribution in [-0.4, -0.2) is 29.4 Å². The Kier molecular flexibility index (Phi) is 9.53. The van der Waals surface area contributed by atoms with Gasteiger partial charge >= 0.3 is 11.9 Å². The number of unbranched alkanes of at least 4 members (excludes halogenated alkanes) is 1. The Balaban J connectivity index is 2.49. The van der Waals surface area contributed by atoms with Gasteiger partial charge in [-0.1, -0.05) is 24.6 Å². The lowest BCUT2D eigenvalue weighted by molar-refractivity contribution is -0.147. The van der Waals surface area contributed by atoms with E-state index in [1.165, 1.54) is 11.8 Å². The minimum atomic E-state index is -0.254. The molecule has 4 nitrogen and oxygen atoms in total. The molecule has 0 spiro atoms. The minimum absolute atomic E-state index is 0.0834. The predicted molar refractivity (Wildman–Crippen MR) is 97.0 cm³/mol. The van der Waals surface area contributed by atoms with E-state index in [-0.39, 0.29) is 29.4 Å². The molecular weight excluding hydrogens is 324 g/mol. The van der Waals surface area contributed by atoms with Gasteiger partial charge in [-0.05, 0) is 52.7 Å². The van der Waals surface area contributed by atoms with Gasteiger partial charge in [0.2, 0.25) is 0 Å². The van der Waals surface area contributed by atoms with Crippen molar-refractivity contribution in [1.82, 2.24) is 0 Å². The first-order valence-corrected chi connectivity index (χ1v) is 9.38. The lowest BCUT2D eigenvalue weighted by Crippen LogP contribution is -2.23. The summed E-state index contributed by atoms with van der Waals surface area (Å²) in [4.78, 5) is 24.9. The molecule has 0 aliphatic heterocycles. The third-order valence-electron chi connectivity index (χ3n) is 3.10. The Morgan fingerprint density at radius 3 is 2.17 bits per heavy atom. The summed E-state index contributed by atoms with van der Waals surface area (Å²) in [5, 5.41) is -0.254. The van der Waals surface area contributed by atoms with Gasteiger partial charge < -0.3 is 9.47 Å². The van der Waals surface area contributed by atoms with Crippen LogP contribution in [0, 0.1) is 0 Å². The summed E-state index contributed by atoms with van der Waals surface area (Å²) in [6.07, 6.45) is 2.36. The van der Waals surface area contributed by atoms with Crippen LogP contribution in [0.4, 0.5) is 0 Å². The van der Waals surface area contributed by atoms with Gasteiger partial charge in [-0.3, -0.25) is 9.59 Å². The highest BCUT2D eigenvalue weighted by atomic mass is 32.2. The predicted octanol–water partition coefficient (Wildman–Crippen LogP) is 4.61. The van der Waals surface area contributed by atoms with Gasteiger partial charge in [0.25, 0.3) is 0 Å². The average molecular weight is 352 g/mol. The van der Waals surface area contributed by atoms with Crippen molar-refractivity contribution in [2.45, 2.75) is 75.7 Å². The molecule has 1 unspecified atom stereocenters. The molecule has 1 atom stereocenters. The Morgan fingerprint density at radius 1 is 0.958 bits per heavy atom. The van der Waals surface area contributed by atoms with E-state index in [9.17, 15) is 9.59 Å². The molecule has 1 aromatic rings. The van der Waals surface area contributed by atoms with Crippen LogP contribution < -0.4 is 0 Å². The highest BCUT2D eigenvalue weighted by Crippen LogP contribution is 2.28. The van der Waals surface area contributed by atoms with Gasteiger partial charge in [0.05, 0.1) is 12.2 Å². The van der Waals surface area contributed by atoms with Gasteiger partial charge in [0, 0.05) is 11.3 Å². The van der Waals surface area contributed by atoms with Crippen molar-refractivity contribution >= 4 is 23.7 Å². The molecule has 0 aliphatic rings. The zero-order valence-corrected chi connectivity index (χ0v) is 15.8. The summed E-state index contributed by atoms with van der Waals surface area (Å²) in [6, 6.07) is 9.83. The van der Waals surface area contributed by atoms with E-state index < -0.39 is 0 Å². The smallest absolute Gasteiger partial charge is 0.319 e. The molecule has 0 aliphatic carbocycles. The highest BCUT2D eigenvalue weighted by molar-refractivity contribution is 8.00. The standard InChI is InChI=1S/C19H28O4S/c1-14(2)22-18(20)13-9-8-12-17(19(21)23-15(3)4)24-16-10-6-5-7-11-16/h5-7,10-11,14-15,17H,8-9,12-13H2,1-4H3. The lowest BCUT2D eigenvalue weighted by atomic mass is 10.1. The maximum Gasteiger partial charge on any atom is 0.319 e. The number of benzene rings is 1. The molecule has 0 aromatic heterocycles. The van der Waals surface area contributed by atoms with Crippen LogP contribution >= 0.6 is 11.8 Å². The SMILES string of the molecule is CC(C)OC(=O)CCCCC(Sc1ccccc1)C(=O)OC(C)C. The number of hydrogen-bond donors (Lipinski definition) is 0. The summed E-state index contributed by atoms with van der Waals surface area (Å²) in [6.45, 7) is 7.38. The van der Waals surface area contributed by atoms with Gasteiger partial charge in [0.15, 0.2) is 0 Å². The molecule has 0 amide bonds. The molecule has 1 aromatic carbocycles. The summed E-state index contributed by atoms with van der Waals surface area (Å²) < 4.78 is 10.5. The summed E-state index contributed by atoms with van der Waals surface area (Å²) in [7, 11) is 0. The monoisotopic (exact) mass is 352 g/mol. The van der Waals surface area contributed by atoms with Gasteiger partial charge in [0.1, 0.15) is 5.25 Å². The number of carbonyl (C=O) groups is 2. The second-order valence-electron chi connectivity index (χ2n) is 6.19. The first kappa shape index (κ1) is 20.6. The molecule has 1 rings (SSSR count). The molecular formula is C19H28O4S. The number of esters is 2. The van der Waals surface area contributed by atoms with E-state index in [1.807, 2.05) is 58.0 Å². The number of hydrogen-bond acceptors (Lipinski definition) is 5. The summed E-state index contributed by atoms with van der Waals surface area (Å²) >= 11 is 1.52. The Morgan fingerprint density at radius 2 is 1.58 bits per heavy atom. The molecule has 0 saturated heterocycles. The molecule has 24 heavy (non-hydrogen) atoms. The first-order valence-electron chi connectivity index (χ1n) is 8.50. The number of ether oxygens (including phenoxy) is 2. The fraction of sp³-hybridized carbons (Fsp3) is 0.579. The van der Waals surface area contributed by atoms with E-state index >= 15 is 0 Å². The van der Waals surface area contributed by atoms with Crippen LogP contribution in [0.2, 0.25) is 0 Å². The molecule has 0 N–H and O–H groups in total. The fourth-order valence-electron chi connectivity index (χ4n) is 2.12. The van der Waals surface area contributed by atoms with Gasteiger partial charge in [-0.25, -0.2) is 0 Å². The van der Waals surface area contributed by atoms with Crippen molar-refractivity contribution < 1.29 is 19.1 Å². The maximum atomic E-state index is 12.3. The Labute approximate surface area is 149 Å². The summed E-state index contributed by atoms with van der Waals surface area (Å²) in [5.41, 5.74) is 0. The van der Waals surface area contributed by atoms with Crippen LogP contribution in [0.15, 0.2) is 35.2 Å². The molecule has 0 saturated carbocycles. The van der Waals surface area contributed by atoms with Crippen molar-refractivity contribution in [3.05, 3.63) is 30.3 Å². The van der Waals surface area contributed by atoms with E-state index in [1.54, 1.807) is 0 Å². The van der Waals surface area contributed by atoms with Crippen molar-refractivity contribution in [2.24, 2.45) is 0 Å². The van der Waals surface area contributed by atoms with Crippen molar-refractivity contribution in [1.29, 1.82) is 0 Å². The zero-order valence-electron chi connectivity index (χ0n) is 15.0. The minimum Gasteiger partial charge on any atom is -0.463 e. The molecule has 0 bridgehead atoms. The normalized spacial score (nSPS) is 12.2. The third-order valence-corrected chi connectivity index (χ3v) is 4.36. The van der Waals surface area contributed by atoms with Crippen molar-refractivity contribution in [3.63, 3.8) is 0 Å². The quantitative estimate of drug-likeness (QED) is 0.350.